The van der Waals surface area contributed by atoms with E-state index < -0.39 is 50.6 Å². The molecule has 62 heavy (non-hydrogen) atoms. The Balaban J connectivity index is 1.35. The summed E-state index contributed by atoms with van der Waals surface area (Å²) in [5, 5.41) is 2.86. The highest BCUT2D eigenvalue weighted by Crippen LogP contribution is 2.57. The molecule has 2 amide bonds. The maximum absolute atomic E-state index is 15.0. The van der Waals surface area contributed by atoms with Gasteiger partial charge < -0.3 is 14.4 Å². The standard InChI is InChI=1S/C48H64N4O8S2/c1-10-12-13-14-15-16-31(21-33(53)25-47(6,7)8)45(55)52-27-34(22-39(52)40(54)26-48(24-32(48)11-2)46(56)51-62(57,58)35-17-18-35)60-42-23-37(44-50-38(28-61-44)29(3)4)49-43-30(5)41(59-9)20-19-36(42)43/h10-11,19-20,23,28-29,31-32,34-35,39H,1-2,12-18,21-22,24-27H2,3-9H3,(H,51,56)/t31-,32-,34-,39+,48-/m1/s1. The molecular weight excluding hydrogens is 825 g/mol. The number of rotatable bonds is 22. The maximum atomic E-state index is 15.0. The van der Waals surface area contributed by atoms with Crippen molar-refractivity contribution in [2.24, 2.45) is 22.7 Å². The zero-order valence-corrected chi connectivity index (χ0v) is 39.1. The Kier molecular flexibility index (Phi) is 14.5. The van der Waals surface area contributed by atoms with Crippen LogP contribution in [0.5, 0.6) is 11.5 Å². The lowest BCUT2D eigenvalue weighted by atomic mass is 9.85. The first-order chi connectivity index (χ1) is 29.3. The van der Waals surface area contributed by atoms with E-state index in [2.05, 4.69) is 31.7 Å². The van der Waals surface area contributed by atoms with Crippen molar-refractivity contribution < 1.29 is 37.1 Å². The smallest absolute Gasteiger partial charge is 0.240 e. The lowest BCUT2D eigenvalue weighted by Crippen LogP contribution is -2.46. The lowest BCUT2D eigenvalue weighted by Gasteiger charge is -2.29. The summed E-state index contributed by atoms with van der Waals surface area (Å²) < 4.78 is 40.6. The Morgan fingerprint density at radius 1 is 1.08 bits per heavy atom. The van der Waals surface area contributed by atoms with Gasteiger partial charge in [0.15, 0.2) is 5.78 Å². The number of nitrogens with one attached hydrogen (secondary N) is 1. The zero-order chi connectivity index (χ0) is 45.1. The Hall–Kier alpha value is -4.43. The van der Waals surface area contributed by atoms with Crippen molar-refractivity contribution in [3.63, 3.8) is 0 Å². The molecule has 1 aromatic carbocycles. The van der Waals surface area contributed by atoms with Crippen LogP contribution in [0.15, 0.2) is 48.9 Å². The summed E-state index contributed by atoms with van der Waals surface area (Å²) in [6, 6.07) is 4.62. The lowest BCUT2D eigenvalue weighted by molar-refractivity contribution is -0.143. The minimum Gasteiger partial charge on any atom is -0.496 e. The number of aromatic nitrogens is 2. The van der Waals surface area contributed by atoms with Gasteiger partial charge in [0.1, 0.15) is 34.1 Å². The SMILES string of the molecule is C=CCCCCC[C@H](CC(=O)CC(C)(C)C)C(=O)N1C[C@H](Oc2cc(-c3nc(C(C)C)cs3)nc3c(C)c(OC)ccc23)C[C@H]1C(=O)C[C@]1(C(=O)NS(=O)(=O)C2CC2)C[C@H]1C=C. The van der Waals surface area contributed by atoms with Gasteiger partial charge in [0.05, 0.1) is 41.6 Å². The number of fused-ring (bicyclic) bond motifs is 1. The summed E-state index contributed by atoms with van der Waals surface area (Å²) in [7, 11) is -2.26. The van der Waals surface area contributed by atoms with E-state index in [0.717, 1.165) is 47.3 Å². The van der Waals surface area contributed by atoms with Crippen molar-refractivity contribution in [3.8, 4) is 22.2 Å². The number of ketones is 2. The number of methoxy groups -OCH3 is 1. The molecule has 0 spiro atoms. The van der Waals surface area contributed by atoms with Crippen LogP contribution in [0, 0.1) is 29.6 Å². The number of Topliss-reactive ketones (excluding diaryl/α,β-unsaturated/α-hetero) is 2. The van der Waals surface area contributed by atoms with E-state index in [1.165, 1.54) is 11.3 Å². The average molecular weight is 889 g/mol. The summed E-state index contributed by atoms with van der Waals surface area (Å²) in [5.41, 5.74) is 1.49. The molecular formula is C48H64N4O8S2. The van der Waals surface area contributed by atoms with E-state index in [0.29, 0.717) is 48.4 Å². The average Bonchev–Trinajstić information content (AvgIpc) is 4.09. The normalized spacial score (nSPS) is 21.7. The first-order valence-electron chi connectivity index (χ1n) is 22.1. The molecule has 3 fully saturated rings. The Bertz CT molecular complexity index is 2310. The van der Waals surface area contributed by atoms with Crippen LogP contribution in [-0.2, 0) is 29.2 Å². The van der Waals surface area contributed by atoms with Crippen LogP contribution in [0.1, 0.15) is 129 Å². The van der Waals surface area contributed by atoms with Gasteiger partial charge in [-0.15, -0.1) is 24.5 Å². The topological polar surface area (TPSA) is 162 Å². The van der Waals surface area contributed by atoms with Crippen LogP contribution in [0.2, 0.25) is 0 Å². The summed E-state index contributed by atoms with van der Waals surface area (Å²) in [6.07, 6.45) is 8.11. The highest BCUT2D eigenvalue weighted by Gasteiger charge is 2.61. The molecule has 3 aliphatic rings. The number of likely N-dealkylation sites (tertiary alicyclic amines) is 1. The number of thiazole rings is 1. The van der Waals surface area contributed by atoms with Crippen molar-refractivity contribution in [1.29, 1.82) is 0 Å². The fraction of sp³-hybridized carbons (Fsp3) is 0.583. The Morgan fingerprint density at radius 2 is 1.82 bits per heavy atom. The van der Waals surface area contributed by atoms with E-state index in [4.69, 9.17) is 19.4 Å². The Morgan fingerprint density at radius 3 is 2.44 bits per heavy atom. The van der Waals surface area contributed by atoms with Crippen molar-refractivity contribution in [2.75, 3.05) is 13.7 Å². The highest BCUT2D eigenvalue weighted by molar-refractivity contribution is 7.90. The fourth-order valence-corrected chi connectivity index (χ4v) is 11.1. The van der Waals surface area contributed by atoms with Gasteiger partial charge in [-0.3, -0.25) is 23.9 Å². The predicted octanol–water partition coefficient (Wildman–Crippen LogP) is 9.06. The van der Waals surface area contributed by atoms with Gasteiger partial charge in [-0.1, -0.05) is 59.6 Å². The number of amides is 2. The molecule has 336 valence electrons. The summed E-state index contributed by atoms with van der Waals surface area (Å²) >= 11 is 1.49. The largest absolute Gasteiger partial charge is 0.496 e. The molecule has 3 aromatic rings. The number of carbonyl (C=O) groups excluding carboxylic acids is 4. The van der Waals surface area contributed by atoms with Crippen molar-refractivity contribution in [3.05, 3.63) is 60.1 Å². The maximum Gasteiger partial charge on any atom is 0.240 e. The monoisotopic (exact) mass is 888 g/mol. The van der Waals surface area contributed by atoms with Crippen LogP contribution in [0.3, 0.4) is 0 Å². The first kappa shape index (κ1) is 47.1. The van der Waals surface area contributed by atoms with Crippen LogP contribution >= 0.6 is 11.3 Å². The molecule has 0 unspecified atom stereocenters. The van der Waals surface area contributed by atoms with Gasteiger partial charge in [-0.05, 0) is 74.8 Å². The van der Waals surface area contributed by atoms with E-state index in [9.17, 15) is 27.6 Å². The van der Waals surface area contributed by atoms with Gasteiger partial charge in [0.2, 0.25) is 21.8 Å². The minimum atomic E-state index is -3.87. The molecule has 1 saturated heterocycles. The van der Waals surface area contributed by atoms with E-state index in [-0.39, 0.29) is 61.0 Å². The molecule has 0 radical (unpaired) electrons. The second kappa shape index (κ2) is 19.1. The number of pyridine rings is 1. The van der Waals surface area contributed by atoms with Gasteiger partial charge in [-0.25, -0.2) is 18.4 Å². The molecule has 14 heteroatoms. The van der Waals surface area contributed by atoms with E-state index in [1.54, 1.807) is 18.1 Å². The third-order valence-corrected chi connectivity index (χ3v) is 15.2. The van der Waals surface area contributed by atoms with Gasteiger partial charge in [0.25, 0.3) is 0 Å². The van der Waals surface area contributed by atoms with Crippen molar-refractivity contribution in [2.45, 2.75) is 142 Å². The quantitative estimate of drug-likeness (QED) is 0.0761. The van der Waals surface area contributed by atoms with Gasteiger partial charge >= 0.3 is 0 Å². The molecule has 1 aliphatic heterocycles. The number of ether oxygens (including phenoxy) is 2. The number of aryl methyl sites for hydroxylation is 1. The van der Waals surface area contributed by atoms with Gasteiger partial charge in [-0.2, -0.15) is 0 Å². The van der Waals surface area contributed by atoms with E-state index in [1.807, 2.05) is 57.4 Å². The molecule has 3 heterocycles. The van der Waals surface area contributed by atoms with Crippen LogP contribution in [-0.4, -0.2) is 77.7 Å². The van der Waals surface area contributed by atoms with E-state index >= 15 is 0 Å². The fourth-order valence-electron chi connectivity index (χ4n) is 8.74. The number of hydrogen-bond acceptors (Lipinski definition) is 11. The Labute approximate surface area is 371 Å². The number of nitrogens with zero attached hydrogens (tertiary/aromatic N) is 3. The molecule has 2 aromatic heterocycles. The molecule has 12 nitrogen and oxygen atoms in total. The number of sulfonamides is 1. The molecule has 2 saturated carbocycles. The third kappa shape index (κ3) is 10.8. The third-order valence-electron chi connectivity index (χ3n) is 12.5. The predicted molar refractivity (Wildman–Crippen MR) is 244 cm³/mol. The second-order valence-corrected chi connectivity index (χ2v) is 22.0. The number of unbranched alkanes of at least 4 members (excludes halogenated alkanes) is 3. The highest BCUT2D eigenvalue weighted by atomic mass is 32.2. The van der Waals surface area contributed by atoms with Crippen molar-refractivity contribution >= 4 is 55.6 Å². The number of allylic oxidation sites excluding steroid dienone is 2. The molecule has 0 bridgehead atoms. The van der Waals surface area contributed by atoms with Crippen molar-refractivity contribution in [1.82, 2.24) is 19.6 Å². The molecule has 1 N–H and O–H groups in total. The number of carbonyl (C=O) groups is 4. The van der Waals surface area contributed by atoms with Crippen LogP contribution in [0.4, 0.5) is 0 Å². The summed E-state index contributed by atoms with van der Waals surface area (Å²) in [4.78, 5) is 68.5. The van der Waals surface area contributed by atoms with Gasteiger partial charge in [0, 0.05) is 54.0 Å². The summed E-state index contributed by atoms with van der Waals surface area (Å²) in [6.45, 7) is 19.8. The zero-order valence-electron chi connectivity index (χ0n) is 37.5. The molecule has 2 aliphatic carbocycles. The molecule has 6 rings (SSSR count). The number of hydrogen-bond donors (Lipinski definition) is 1. The van der Waals surface area contributed by atoms with Crippen LogP contribution in [0.25, 0.3) is 21.6 Å². The minimum absolute atomic E-state index is 0.0134. The second-order valence-electron chi connectivity index (χ2n) is 19.1. The summed E-state index contributed by atoms with van der Waals surface area (Å²) in [5.74, 6) is -1.04. The molecule has 5 atom stereocenters. The first-order valence-corrected chi connectivity index (χ1v) is 24.5. The number of benzene rings is 1. The van der Waals surface area contributed by atoms with Crippen LogP contribution < -0.4 is 14.2 Å².